The standard InChI is InChI=1S/C25H26N2O5/c1-25(23(29)30)13-7-15-27(25)22(28)12-6-14-26-24(31)32-16-21-19-10-4-2-8-17(19)18-9-3-5-11-20(18)21/h2-6,8-12,21H,7,13-16H2,1H3,(H,26,31)(H,29,30)/b12-6+/t25-/m1/s1. The molecule has 0 spiro atoms. The van der Waals surface area contributed by atoms with Crippen LogP contribution >= 0.6 is 0 Å². The zero-order valence-electron chi connectivity index (χ0n) is 17.9. The minimum absolute atomic E-state index is 0.0193. The summed E-state index contributed by atoms with van der Waals surface area (Å²) in [6, 6.07) is 16.2. The van der Waals surface area contributed by atoms with E-state index in [-0.39, 0.29) is 25.0 Å². The summed E-state index contributed by atoms with van der Waals surface area (Å²) >= 11 is 0. The number of hydrogen-bond acceptors (Lipinski definition) is 4. The minimum atomic E-state index is -1.18. The maximum atomic E-state index is 12.4. The number of nitrogens with zero attached hydrogens (tertiary/aromatic N) is 1. The summed E-state index contributed by atoms with van der Waals surface area (Å²) in [6.07, 6.45) is 3.32. The van der Waals surface area contributed by atoms with Crippen molar-refractivity contribution < 1.29 is 24.2 Å². The van der Waals surface area contributed by atoms with Gasteiger partial charge in [-0.05, 0) is 42.0 Å². The molecule has 0 radical (unpaired) electrons. The molecule has 0 aromatic heterocycles. The second kappa shape index (κ2) is 8.86. The molecule has 32 heavy (non-hydrogen) atoms. The number of benzene rings is 2. The van der Waals surface area contributed by atoms with E-state index in [4.69, 9.17) is 4.74 Å². The van der Waals surface area contributed by atoms with Gasteiger partial charge < -0.3 is 20.1 Å². The lowest BCUT2D eigenvalue weighted by Crippen LogP contribution is -2.50. The van der Waals surface area contributed by atoms with E-state index in [9.17, 15) is 19.5 Å². The number of alkyl carbamates (subject to hydrolysis) is 1. The largest absolute Gasteiger partial charge is 0.480 e. The maximum absolute atomic E-state index is 12.4. The van der Waals surface area contributed by atoms with Crippen LogP contribution in [0.4, 0.5) is 4.79 Å². The van der Waals surface area contributed by atoms with Crippen molar-refractivity contribution in [3.05, 3.63) is 71.8 Å². The number of aliphatic carboxylic acids is 1. The number of fused-ring (bicyclic) bond motifs is 3. The van der Waals surface area contributed by atoms with Gasteiger partial charge in [0.05, 0.1) is 0 Å². The zero-order chi connectivity index (χ0) is 22.7. The van der Waals surface area contributed by atoms with E-state index in [1.165, 1.54) is 17.1 Å². The fraction of sp³-hybridized carbons (Fsp3) is 0.320. The van der Waals surface area contributed by atoms with E-state index in [2.05, 4.69) is 29.6 Å². The molecule has 0 unspecified atom stereocenters. The molecule has 2 aliphatic rings. The molecule has 2 N–H and O–H groups in total. The van der Waals surface area contributed by atoms with Crippen molar-refractivity contribution in [2.45, 2.75) is 31.2 Å². The number of amides is 2. The van der Waals surface area contributed by atoms with Gasteiger partial charge in [-0.2, -0.15) is 0 Å². The van der Waals surface area contributed by atoms with Gasteiger partial charge >= 0.3 is 12.1 Å². The number of rotatable bonds is 6. The molecule has 0 saturated carbocycles. The number of carbonyl (C=O) groups excluding carboxylic acids is 2. The van der Waals surface area contributed by atoms with E-state index in [0.29, 0.717) is 19.4 Å². The molecule has 2 aromatic rings. The number of hydrogen-bond donors (Lipinski definition) is 2. The molecule has 4 rings (SSSR count). The summed E-state index contributed by atoms with van der Waals surface area (Å²) in [6.45, 7) is 2.29. The molecule has 1 atom stereocenters. The number of carbonyl (C=O) groups is 3. The van der Waals surface area contributed by atoms with Gasteiger partial charge in [0.1, 0.15) is 12.1 Å². The number of ether oxygens (including phenoxy) is 1. The molecule has 2 amide bonds. The SMILES string of the molecule is C[C@]1(C(=O)O)CCCN1C(=O)/C=C/CNC(=O)OCC1c2ccccc2-c2ccccc21. The average Bonchev–Trinajstić information content (AvgIpc) is 3.34. The zero-order valence-corrected chi connectivity index (χ0v) is 17.9. The third kappa shape index (κ3) is 3.98. The Morgan fingerprint density at radius 3 is 2.38 bits per heavy atom. The highest BCUT2D eigenvalue weighted by Gasteiger charge is 2.45. The van der Waals surface area contributed by atoms with Crippen molar-refractivity contribution in [2.24, 2.45) is 0 Å². The molecule has 166 valence electrons. The van der Waals surface area contributed by atoms with Gasteiger partial charge in [-0.3, -0.25) is 4.79 Å². The number of likely N-dealkylation sites (tertiary alicyclic amines) is 1. The minimum Gasteiger partial charge on any atom is -0.480 e. The molecule has 1 aliphatic heterocycles. The fourth-order valence-electron chi connectivity index (χ4n) is 4.58. The topological polar surface area (TPSA) is 95.9 Å². The van der Waals surface area contributed by atoms with Crippen molar-refractivity contribution in [3.8, 4) is 11.1 Å². The maximum Gasteiger partial charge on any atom is 0.407 e. The first kappa shape index (κ1) is 21.6. The second-order valence-electron chi connectivity index (χ2n) is 8.28. The number of carboxylic acid groups (broad SMARTS) is 1. The molecule has 2 aromatic carbocycles. The Balaban J connectivity index is 1.29. The molecule has 1 aliphatic carbocycles. The molecule has 1 heterocycles. The average molecular weight is 434 g/mol. The quantitative estimate of drug-likeness (QED) is 0.678. The third-order valence-corrected chi connectivity index (χ3v) is 6.34. The smallest absolute Gasteiger partial charge is 0.407 e. The van der Waals surface area contributed by atoms with Crippen LogP contribution in [0.3, 0.4) is 0 Å². The first-order chi connectivity index (χ1) is 15.4. The van der Waals surface area contributed by atoms with E-state index >= 15 is 0 Å². The number of nitrogens with one attached hydrogen (secondary N) is 1. The highest BCUT2D eigenvalue weighted by atomic mass is 16.5. The van der Waals surface area contributed by atoms with Crippen LogP contribution in [0.15, 0.2) is 60.7 Å². The van der Waals surface area contributed by atoms with Crippen molar-refractivity contribution in [1.29, 1.82) is 0 Å². The van der Waals surface area contributed by atoms with Crippen LogP contribution in [0.1, 0.15) is 36.8 Å². The molecule has 1 fully saturated rings. The van der Waals surface area contributed by atoms with Crippen LogP contribution < -0.4 is 5.32 Å². The molecular weight excluding hydrogens is 408 g/mol. The third-order valence-electron chi connectivity index (χ3n) is 6.34. The van der Waals surface area contributed by atoms with Gasteiger partial charge in [-0.15, -0.1) is 0 Å². The molecule has 0 bridgehead atoms. The van der Waals surface area contributed by atoms with Crippen molar-refractivity contribution in [2.75, 3.05) is 19.7 Å². The van der Waals surface area contributed by atoms with Gasteiger partial charge in [0.2, 0.25) is 5.91 Å². The predicted molar refractivity (Wildman–Crippen MR) is 119 cm³/mol. The first-order valence-electron chi connectivity index (χ1n) is 10.7. The summed E-state index contributed by atoms with van der Waals surface area (Å²) in [5, 5.41) is 12.0. The van der Waals surface area contributed by atoms with Gasteiger partial charge in [-0.1, -0.05) is 54.6 Å². The van der Waals surface area contributed by atoms with Crippen LogP contribution in [0.2, 0.25) is 0 Å². The van der Waals surface area contributed by atoms with Crippen molar-refractivity contribution in [3.63, 3.8) is 0 Å². The van der Waals surface area contributed by atoms with E-state index < -0.39 is 17.6 Å². The normalized spacial score (nSPS) is 19.6. The van der Waals surface area contributed by atoms with E-state index in [1.54, 1.807) is 6.92 Å². The molecular formula is C25H26N2O5. The Bertz CT molecular complexity index is 1030. The highest BCUT2D eigenvalue weighted by molar-refractivity contribution is 5.93. The van der Waals surface area contributed by atoms with Crippen LogP contribution in [-0.2, 0) is 14.3 Å². The van der Waals surface area contributed by atoms with Gasteiger partial charge in [-0.25, -0.2) is 9.59 Å². The Morgan fingerprint density at radius 2 is 1.75 bits per heavy atom. The van der Waals surface area contributed by atoms with Crippen LogP contribution in [-0.4, -0.2) is 53.2 Å². The second-order valence-corrected chi connectivity index (χ2v) is 8.28. The Hall–Kier alpha value is -3.61. The van der Waals surface area contributed by atoms with Crippen molar-refractivity contribution >= 4 is 18.0 Å². The first-order valence-corrected chi connectivity index (χ1v) is 10.7. The highest BCUT2D eigenvalue weighted by Crippen LogP contribution is 2.44. The molecule has 7 heteroatoms. The molecule has 1 saturated heterocycles. The Kier molecular flexibility index (Phi) is 5.99. The Morgan fingerprint density at radius 1 is 1.12 bits per heavy atom. The van der Waals surface area contributed by atoms with Crippen LogP contribution in [0, 0.1) is 0 Å². The predicted octanol–water partition coefficient (Wildman–Crippen LogP) is 3.55. The van der Waals surface area contributed by atoms with Crippen molar-refractivity contribution in [1.82, 2.24) is 10.2 Å². The lowest BCUT2D eigenvalue weighted by molar-refractivity contribution is -0.153. The summed E-state index contributed by atoms with van der Waals surface area (Å²) < 4.78 is 5.45. The van der Waals surface area contributed by atoms with Gasteiger partial charge in [0, 0.05) is 25.1 Å². The summed E-state index contributed by atoms with van der Waals surface area (Å²) in [7, 11) is 0. The number of carboxylic acids is 1. The summed E-state index contributed by atoms with van der Waals surface area (Å²) in [4.78, 5) is 37.4. The van der Waals surface area contributed by atoms with Gasteiger partial charge in [0.15, 0.2) is 0 Å². The monoisotopic (exact) mass is 434 g/mol. The Labute approximate surface area is 186 Å². The van der Waals surface area contributed by atoms with E-state index in [1.807, 2.05) is 24.3 Å². The van der Waals surface area contributed by atoms with Crippen LogP contribution in [0.25, 0.3) is 11.1 Å². The lowest BCUT2D eigenvalue weighted by atomic mass is 9.98. The van der Waals surface area contributed by atoms with E-state index in [0.717, 1.165) is 22.3 Å². The fourth-order valence-corrected chi connectivity index (χ4v) is 4.58. The lowest BCUT2D eigenvalue weighted by Gasteiger charge is -2.30. The molecule has 7 nitrogen and oxygen atoms in total. The van der Waals surface area contributed by atoms with Crippen LogP contribution in [0.5, 0.6) is 0 Å². The summed E-state index contributed by atoms with van der Waals surface area (Å²) in [5.74, 6) is -1.40. The summed E-state index contributed by atoms with van der Waals surface area (Å²) in [5.41, 5.74) is 3.42. The van der Waals surface area contributed by atoms with Gasteiger partial charge in [0.25, 0.3) is 0 Å².